The van der Waals surface area contributed by atoms with Crippen molar-refractivity contribution in [2.45, 2.75) is 25.1 Å². The van der Waals surface area contributed by atoms with Gasteiger partial charge < -0.3 is 5.73 Å². The van der Waals surface area contributed by atoms with Gasteiger partial charge in [-0.15, -0.1) is 0 Å². The number of benzene rings is 1. The Balaban J connectivity index is 3.04. The Morgan fingerprint density at radius 1 is 1.12 bits per heavy atom. The summed E-state index contributed by atoms with van der Waals surface area (Å²) in [7, 11) is 0. The Bertz CT molecular complexity index is 347. The Kier molecular flexibility index (Phi) is 3.85. The van der Waals surface area contributed by atoms with E-state index < -0.39 is 30.6 Å². The van der Waals surface area contributed by atoms with Crippen LogP contribution in [-0.4, -0.2) is 6.43 Å². The molecule has 1 atom stereocenters. The van der Waals surface area contributed by atoms with Crippen molar-refractivity contribution in [2.75, 3.05) is 0 Å². The maximum absolute atomic E-state index is 12.5. The van der Waals surface area contributed by atoms with Crippen molar-refractivity contribution in [3.63, 3.8) is 0 Å². The summed E-state index contributed by atoms with van der Waals surface area (Å²) >= 11 is 0. The molecule has 0 heterocycles. The second-order valence-electron chi connectivity index (χ2n) is 3.32. The maximum Gasteiger partial charge on any atom is 0.416 e. The standard InChI is InChI=1S/C10H10F5N/c11-9(12)5-8(16)6-3-1-2-4-7(6)10(13,14)15/h1-4,8-9H,5,16H2/t8-/m0/s1. The molecule has 0 unspecified atom stereocenters. The van der Waals surface area contributed by atoms with E-state index in [-0.39, 0.29) is 5.56 Å². The molecule has 16 heavy (non-hydrogen) atoms. The lowest BCUT2D eigenvalue weighted by atomic mass is 9.98. The largest absolute Gasteiger partial charge is 0.416 e. The second kappa shape index (κ2) is 4.78. The van der Waals surface area contributed by atoms with Crippen LogP contribution in [0.3, 0.4) is 0 Å². The quantitative estimate of drug-likeness (QED) is 0.804. The minimum Gasteiger partial charge on any atom is -0.324 e. The predicted molar refractivity (Wildman–Crippen MR) is 49.0 cm³/mol. The van der Waals surface area contributed by atoms with Gasteiger partial charge in [0.1, 0.15) is 0 Å². The Labute approximate surface area is 89.1 Å². The van der Waals surface area contributed by atoms with Crippen LogP contribution in [-0.2, 0) is 6.18 Å². The van der Waals surface area contributed by atoms with Crippen LogP contribution in [0.5, 0.6) is 0 Å². The van der Waals surface area contributed by atoms with Crippen molar-refractivity contribution in [1.82, 2.24) is 0 Å². The molecule has 0 spiro atoms. The molecule has 6 heteroatoms. The van der Waals surface area contributed by atoms with E-state index >= 15 is 0 Å². The van der Waals surface area contributed by atoms with Crippen molar-refractivity contribution in [2.24, 2.45) is 5.73 Å². The van der Waals surface area contributed by atoms with Crippen molar-refractivity contribution < 1.29 is 22.0 Å². The first kappa shape index (κ1) is 12.9. The summed E-state index contributed by atoms with van der Waals surface area (Å²) in [6, 6.07) is 3.19. The molecule has 0 bridgehead atoms. The third-order valence-electron chi connectivity index (χ3n) is 2.10. The third-order valence-corrected chi connectivity index (χ3v) is 2.10. The molecular weight excluding hydrogens is 229 g/mol. The smallest absolute Gasteiger partial charge is 0.324 e. The van der Waals surface area contributed by atoms with E-state index in [1.54, 1.807) is 0 Å². The van der Waals surface area contributed by atoms with Crippen molar-refractivity contribution in [1.29, 1.82) is 0 Å². The zero-order valence-electron chi connectivity index (χ0n) is 8.14. The van der Waals surface area contributed by atoms with Gasteiger partial charge in [-0.3, -0.25) is 0 Å². The topological polar surface area (TPSA) is 26.0 Å². The van der Waals surface area contributed by atoms with Gasteiger partial charge in [0.25, 0.3) is 0 Å². The summed E-state index contributed by atoms with van der Waals surface area (Å²) in [6.07, 6.45) is -8.08. The van der Waals surface area contributed by atoms with E-state index in [0.717, 1.165) is 12.1 Å². The highest BCUT2D eigenvalue weighted by atomic mass is 19.4. The minimum absolute atomic E-state index is 0.296. The number of rotatable bonds is 3. The van der Waals surface area contributed by atoms with Gasteiger partial charge in [-0.25, -0.2) is 8.78 Å². The molecule has 0 saturated heterocycles. The van der Waals surface area contributed by atoms with Crippen LogP contribution in [0, 0.1) is 0 Å². The van der Waals surface area contributed by atoms with E-state index in [4.69, 9.17) is 5.73 Å². The van der Waals surface area contributed by atoms with Gasteiger partial charge in [-0.1, -0.05) is 18.2 Å². The molecule has 0 aliphatic heterocycles. The van der Waals surface area contributed by atoms with E-state index in [0.29, 0.717) is 0 Å². The lowest BCUT2D eigenvalue weighted by Crippen LogP contribution is -2.19. The summed E-state index contributed by atoms with van der Waals surface area (Å²) in [5.74, 6) is 0. The zero-order chi connectivity index (χ0) is 12.3. The van der Waals surface area contributed by atoms with Gasteiger partial charge in [0.2, 0.25) is 6.43 Å². The SMILES string of the molecule is N[C@@H](CC(F)F)c1ccccc1C(F)(F)F. The van der Waals surface area contributed by atoms with E-state index in [9.17, 15) is 22.0 Å². The highest BCUT2D eigenvalue weighted by molar-refractivity contribution is 5.32. The molecule has 0 amide bonds. The molecule has 90 valence electrons. The number of halogens is 5. The van der Waals surface area contributed by atoms with Crippen molar-refractivity contribution in [3.05, 3.63) is 35.4 Å². The molecule has 0 saturated carbocycles. The summed E-state index contributed by atoms with van der Waals surface area (Å²) in [4.78, 5) is 0. The van der Waals surface area contributed by atoms with Crippen LogP contribution in [0.4, 0.5) is 22.0 Å². The molecular formula is C10H10F5N. The fourth-order valence-electron chi connectivity index (χ4n) is 1.40. The van der Waals surface area contributed by atoms with Crippen molar-refractivity contribution >= 4 is 0 Å². The summed E-state index contributed by atoms with van der Waals surface area (Å²) in [6.45, 7) is 0. The molecule has 0 aliphatic rings. The van der Waals surface area contributed by atoms with Gasteiger partial charge in [0.05, 0.1) is 5.56 Å². The second-order valence-corrected chi connectivity index (χ2v) is 3.32. The Morgan fingerprint density at radius 2 is 1.69 bits per heavy atom. The molecule has 1 nitrogen and oxygen atoms in total. The highest BCUT2D eigenvalue weighted by Crippen LogP contribution is 2.35. The monoisotopic (exact) mass is 239 g/mol. The van der Waals surface area contributed by atoms with Crippen LogP contribution in [0.15, 0.2) is 24.3 Å². The minimum atomic E-state index is -4.57. The number of hydrogen-bond acceptors (Lipinski definition) is 1. The van der Waals surface area contributed by atoms with E-state index in [1.807, 2.05) is 0 Å². The zero-order valence-corrected chi connectivity index (χ0v) is 8.14. The molecule has 1 aromatic rings. The number of hydrogen-bond donors (Lipinski definition) is 1. The molecule has 2 N–H and O–H groups in total. The van der Waals surface area contributed by atoms with Crippen LogP contribution < -0.4 is 5.73 Å². The Hall–Kier alpha value is -1.17. The van der Waals surface area contributed by atoms with Crippen LogP contribution in [0.2, 0.25) is 0 Å². The number of alkyl halides is 5. The van der Waals surface area contributed by atoms with Crippen molar-refractivity contribution in [3.8, 4) is 0 Å². The first-order valence-corrected chi connectivity index (χ1v) is 4.52. The van der Waals surface area contributed by atoms with Crippen LogP contribution in [0.1, 0.15) is 23.6 Å². The molecule has 0 aliphatic carbocycles. The van der Waals surface area contributed by atoms with Crippen LogP contribution >= 0.6 is 0 Å². The third kappa shape index (κ3) is 3.16. The first-order valence-electron chi connectivity index (χ1n) is 4.52. The average molecular weight is 239 g/mol. The van der Waals surface area contributed by atoms with Gasteiger partial charge in [0, 0.05) is 12.5 Å². The van der Waals surface area contributed by atoms with Gasteiger partial charge >= 0.3 is 6.18 Å². The summed E-state index contributed by atoms with van der Waals surface area (Å²) in [5.41, 5.74) is 4.06. The predicted octanol–water partition coefficient (Wildman–Crippen LogP) is 3.36. The average Bonchev–Trinajstić information content (AvgIpc) is 2.15. The highest BCUT2D eigenvalue weighted by Gasteiger charge is 2.34. The van der Waals surface area contributed by atoms with E-state index in [2.05, 4.69) is 0 Å². The first-order chi connectivity index (χ1) is 7.32. The fourth-order valence-corrected chi connectivity index (χ4v) is 1.40. The number of nitrogens with two attached hydrogens (primary N) is 1. The van der Waals surface area contributed by atoms with E-state index in [1.165, 1.54) is 12.1 Å². The normalized spacial score (nSPS) is 14.2. The molecule has 0 radical (unpaired) electrons. The lowest BCUT2D eigenvalue weighted by molar-refractivity contribution is -0.138. The van der Waals surface area contributed by atoms with Gasteiger partial charge in [-0.05, 0) is 11.6 Å². The maximum atomic E-state index is 12.5. The molecule has 1 rings (SSSR count). The van der Waals surface area contributed by atoms with Crippen LogP contribution in [0.25, 0.3) is 0 Å². The molecule has 0 fully saturated rings. The summed E-state index contributed by atoms with van der Waals surface area (Å²) < 4.78 is 61.6. The lowest BCUT2D eigenvalue weighted by Gasteiger charge is -2.17. The molecule has 1 aromatic carbocycles. The fraction of sp³-hybridized carbons (Fsp3) is 0.400. The molecule has 0 aromatic heterocycles. The Morgan fingerprint density at radius 3 is 2.19 bits per heavy atom. The van der Waals surface area contributed by atoms with Gasteiger partial charge in [0.15, 0.2) is 0 Å². The summed E-state index contributed by atoms with van der Waals surface area (Å²) in [5, 5.41) is 0. The van der Waals surface area contributed by atoms with Gasteiger partial charge in [-0.2, -0.15) is 13.2 Å².